The summed E-state index contributed by atoms with van der Waals surface area (Å²) >= 11 is 1.78. The van der Waals surface area contributed by atoms with Crippen LogP contribution in [0.2, 0.25) is 0 Å². The van der Waals surface area contributed by atoms with Crippen LogP contribution in [0.25, 0.3) is 0 Å². The van der Waals surface area contributed by atoms with Gasteiger partial charge in [0.25, 0.3) is 0 Å². The number of carbonyl (C=O) groups excluding carboxylic acids is 3. The Labute approximate surface area is 118 Å². The third-order valence-corrected chi connectivity index (χ3v) is 4.40. The summed E-state index contributed by atoms with van der Waals surface area (Å²) in [6.45, 7) is 6.13. The van der Waals surface area contributed by atoms with E-state index in [1.54, 1.807) is 18.7 Å². The van der Waals surface area contributed by atoms with Gasteiger partial charge < -0.3 is 4.74 Å². The molecule has 0 aliphatic heterocycles. The quantitative estimate of drug-likeness (QED) is 0.553. The maximum atomic E-state index is 11.9. The lowest BCUT2D eigenvalue weighted by Gasteiger charge is -2.29. The van der Waals surface area contributed by atoms with E-state index in [4.69, 9.17) is 4.74 Å². The predicted octanol–water partition coefficient (Wildman–Crippen LogP) is 2.25. The molecule has 1 rings (SSSR count). The average molecular weight is 286 g/mol. The summed E-state index contributed by atoms with van der Waals surface area (Å²) in [4.78, 5) is 35.4. The molecule has 0 aromatic heterocycles. The molecule has 0 spiro atoms. The molecule has 108 valence electrons. The fraction of sp³-hybridized carbons (Fsp3) is 0.786. The van der Waals surface area contributed by atoms with Gasteiger partial charge in [0.15, 0.2) is 5.78 Å². The second-order valence-corrected chi connectivity index (χ2v) is 6.59. The molecule has 0 saturated heterocycles. The molecule has 0 aromatic rings. The first-order chi connectivity index (χ1) is 8.99. The molecule has 1 fully saturated rings. The number of ether oxygens (including phenoxy) is 1. The highest BCUT2D eigenvalue weighted by Crippen LogP contribution is 2.33. The molecule has 5 heteroatoms. The Balaban J connectivity index is 2.78. The minimum atomic E-state index is -0.738. The molecule has 3 atom stereocenters. The van der Waals surface area contributed by atoms with Crippen LogP contribution in [0.4, 0.5) is 0 Å². The van der Waals surface area contributed by atoms with Crippen LogP contribution in [0.3, 0.4) is 0 Å². The van der Waals surface area contributed by atoms with Crippen LogP contribution in [0.15, 0.2) is 0 Å². The Morgan fingerprint density at radius 2 is 2.11 bits per heavy atom. The zero-order valence-electron chi connectivity index (χ0n) is 11.8. The van der Waals surface area contributed by atoms with E-state index in [1.807, 2.05) is 0 Å². The minimum absolute atomic E-state index is 0.0516. The minimum Gasteiger partial charge on any atom is -0.465 e. The summed E-state index contributed by atoms with van der Waals surface area (Å²) in [5.41, 5.74) is 0. The topological polar surface area (TPSA) is 60.4 Å². The zero-order chi connectivity index (χ0) is 14.4. The van der Waals surface area contributed by atoms with E-state index in [2.05, 4.69) is 13.8 Å². The van der Waals surface area contributed by atoms with Gasteiger partial charge in [0, 0.05) is 11.7 Å². The third kappa shape index (κ3) is 4.64. The predicted molar refractivity (Wildman–Crippen MR) is 75.1 cm³/mol. The second kappa shape index (κ2) is 7.68. The van der Waals surface area contributed by atoms with Crippen LogP contribution < -0.4 is 0 Å². The van der Waals surface area contributed by atoms with Crippen LogP contribution in [0, 0.1) is 11.8 Å². The molecule has 0 bridgehead atoms. The first-order valence-electron chi connectivity index (χ1n) is 6.82. The van der Waals surface area contributed by atoms with Gasteiger partial charge in [-0.25, -0.2) is 0 Å². The first-order valence-corrected chi connectivity index (χ1v) is 7.87. The Morgan fingerprint density at radius 1 is 1.42 bits per heavy atom. The Kier molecular flexibility index (Phi) is 6.55. The molecule has 0 radical (unpaired) electrons. The van der Waals surface area contributed by atoms with Gasteiger partial charge in [0.05, 0.1) is 13.0 Å². The molecule has 4 nitrogen and oxygen atoms in total. The zero-order valence-corrected chi connectivity index (χ0v) is 12.6. The number of carbonyl (C=O) groups is 3. The molecule has 0 aromatic carbocycles. The van der Waals surface area contributed by atoms with Crippen molar-refractivity contribution in [2.24, 2.45) is 11.8 Å². The molecule has 1 aliphatic rings. The van der Waals surface area contributed by atoms with Crippen LogP contribution >= 0.6 is 11.8 Å². The fourth-order valence-electron chi connectivity index (χ4n) is 2.60. The molecule has 0 N–H and O–H groups in total. The SMILES string of the molecule is CCOC(=O)[C@H]1C(=O)CC(=O)C[C@@H]1C[C@H](C)SCC. The van der Waals surface area contributed by atoms with Gasteiger partial charge in [0.2, 0.25) is 0 Å². The summed E-state index contributed by atoms with van der Waals surface area (Å²) in [5, 5.41) is 0.339. The highest BCUT2D eigenvalue weighted by atomic mass is 32.2. The number of hydrogen-bond donors (Lipinski definition) is 0. The molecule has 1 saturated carbocycles. The normalized spacial score (nSPS) is 25.2. The van der Waals surface area contributed by atoms with E-state index < -0.39 is 11.9 Å². The first kappa shape index (κ1) is 16.2. The average Bonchev–Trinajstić information content (AvgIpc) is 2.28. The van der Waals surface area contributed by atoms with Crippen molar-refractivity contribution >= 4 is 29.3 Å². The lowest BCUT2D eigenvalue weighted by atomic mass is 9.75. The third-order valence-electron chi connectivity index (χ3n) is 3.31. The highest BCUT2D eigenvalue weighted by Gasteiger charge is 2.41. The Bertz CT molecular complexity index is 353. The summed E-state index contributed by atoms with van der Waals surface area (Å²) in [5.74, 6) is -0.726. The van der Waals surface area contributed by atoms with E-state index in [9.17, 15) is 14.4 Å². The highest BCUT2D eigenvalue weighted by molar-refractivity contribution is 7.99. The van der Waals surface area contributed by atoms with Gasteiger partial charge in [-0.05, 0) is 25.0 Å². The van der Waals surface area contributed by atoms with Crippen molar-refractivity contribution in [3.05, 3.63) is 0 Å². The molecule has 0 heterocycles. The van der Waals surface area contributed by atoms with Crippen molar-refractivity contribution in [2.75, 3.05) is 12.4 Å². The van der Waals surface area contributed by atoms with E-state index >= 15 is 0 Å². The Morgan fingerprint density at radius 3 is 2.68 bits per heavy atom. The number of rotatable bonds is 6. The molecule has 0 amide bonds. The number of Topliss-reactive ketones (excluding diaryl/α,β-unsaturated/α-hetero) is 2. The van der Waals surface area contributed by atoms with Gasteiger partial charge in [0.1, 0.15) is 11.7 Å². The molecular weight excluding hydrogens is 264 g/mol. The van der Waals surface area contributed by atoms with Gasteiger partial charge in [-0.1, -0.05) is 13.8 Å². The summed E-state index contributed by atoms with van der Waals surface area (Å²) < 4.78 is 4.98. The van der Waals surface area contributed by atoms with Crippen LogP contribution in [-0.4, -0.2) is 35.1 Å². The summed E-state index contributed by atoms with van der Waals surface area (Å²) in [6, 6.07) is 0. The summed E-state index contributed by atoms with van der Waals surface area (Å²) in [6.07, 6.45) is 0.915. The van der Waals surface area contributed by atoms with Crippen molar-refractivity contribution in [1.29, 1.82) is 0 Å². The van der Waals surface area contributed by atoms with Crippen molar-refractivity contribution in [1.82, 2.24) is 0 Å². The second-order valence-electron chi connectivity index (χ2n) is 4.88. The number of hydrogen-bond acceptors (Lipinski definition) is 5. The lowest BCUT2D eigenvalue weighted by Crippen LogP contribution is -2.40. The van der Waals surface area contributed by atoms with E-state index in [0.717, 1.165) is 5.75 Å². The molecule has 1 aliphatic carbocycles. The molecular formula is C14H22O4S. The van der Waals surface area contributed by atoms with E-state index in [-0.39, 0.29) is 30.5 Å². The van der Waals surface area contributed by atoms with Crippen LogP contribution in [-0.2, 0) is 19.1 Å². The van der Waals surface area contributed by atoms with Crippen LogP contribution in [0.1, 0.15) is 40.0 Å². The number of thioether (sulfide) groups is 1. The fourth-order valence-corrected chi connectivity index (χ4v) is 3.56. The standard InChI is InChI=1S/C14H22O4S/c1-4-18-14(17)13-10(6-9(3)19-5-2)7-11(15)8-12(13)16/h9-10,13H,4-8H2,1-3H3/t9-,10-,13+/m0/s1. The number of ketones is 2. The van der Waals surface area contributed by atoms with Crippen molar-refractivity contribution < 1.29 is 19.1 Å². The molecule has 19 heavy (non-hydrogen) atoms. The smallest absolute Gasteiger partial charge is 0.316 e. The Hall–Kier alpha value is -0.840. The van der Waals surface area contributed by atoms with E-state index in [0.29, 0.717) is 18.1 Å². The van der Waals surface area contributed by atoms with Crippen molar-refractivity contribution in [3.8, 4) is 0 Å². The maximum absolute atomic E-state index is 11.9. The molecule has 0 unspecified atom stereocenters. The van der Waals surface area contributed by atoms with Crippen molar-refractivity contribution in [2.45, 2.75) is 45.3 Å². The summed E-state index contributed by atoms with van der Waals surface area (Å²) in [7, 11) is 0. The largest absolute Gasteiger partial charge is 0.465 e. The monoisotopic (exact) mass is 286 g/mol. The van der Waals surface area contributed by atoms with Gasteiger partial charge >= 0.3 is 5.97 Å². The van der Waals surface area contributed by atoms with Crippen LogP contribution in [0.5, 0.6) is 0 Å². The lowest BCUT2D eigenvalue weighted by molar-refractivity contribution is -0.156. The van der Waals surface area contributed by atoms with E-state index in [1.165, 1.54) is 0 Å². The van der Waals surface area contributed by atoms with Gasteiger partial charge in [-0.2, -0.15) is 11.8 Å². The number of esters is 1. The maximum Gasteiger partial charge on any atom is 0.316 e. The van der Waals surface area contributed by atoms with Gasteiger partial charge in [-0.15, -0.1) is 0 Å². The van der Waals surface area contributed by atoms with Crippen molar-refractivity contribution in [3.63, 3.8) is 0 Å². The van der Waals surface area contributed by atoms with Gasteiger partial charge in [-0.3, -0.25) is 14.4 Å².